The van der Waals surface area contributed by atoms with E-state index in [1.807, 2.05) is 0 Å². The van der Waals surface area contributed by atoms with Gasteiger partial charge in [0.15, 0.2) is 9.84 Å². The molecule has 0 aliphatic rings. The van der Waals surface area contributed by atoms with Gasteiger partial charge in [0.1, 0.15) is 0 Å². The summed E-state index contributed by atoms with van der Waals surface area (Å²) >= 11 is 0. The fourth-order valence-electron chi connectivity index (χ4n) is 1.39. The molecule has 0 aliphatic heterocycles. The molecule has 0 fully saturated rings. The quantitative estimate of drug-likeness (QED) is 0.884. The van der Waals surface area contributed by atoms with E-state index in [1.165, 1.54) is 12.1 Å². The lowest BCUT2D eigenvalue weighted by Crippen LogP contribution is -2.24. The van der Waals surface area contributed by atoms with E-state index < -0.39 is 16.3 Å². The normalized spacial score (nSPS) is 13.9. The zero-order valence-electron chi connectivity index (χ0n) is 9.65. The monoisotopic (exact) mass is 263 g/mol. The minimum Gasteiger partial charge on any atom is -0.305 e. The number of alkyl halides is 2. The maximum atomic E-state index is 12.0. The van der Waals surface area contributed by atoms with Crippen LogP contribution in [0.2, 0.25) is 0 Å². The molecule has 1 aromatic carbocycles. The molecule has 1 rings (SSSR count). The maximum Gasteiger partial charge on any atom is 0.250 e. The van der Waals surface area contributed by atoms with Crippen molar-refractivity contribution in [2.24, 2.45) is 0 Å². The van der Waals surface area contributed by atoms with Gasteiger partial charge in [0.2, 0.25) is 0 Å². The molecule has 96 valence electrons. The maximum absolute atomic E-state index is 12.0. The molecule has 0 saturated carbocycles. The van der Waals surface area contributed by atoms with E-state index >= 15 is 0 Å². The highest BCUT2D eigenvalue weighted by molar-refractivity contribution is 7.90. The van der Waals surface area contributed by atoms with Crippen LogP contribution in [0.4, 0.5) is 8.78 Å². The Morgan fingerprint density at radius 3 is 2.18 bits per heavy atom. The summed E-state index contributed by atoms with van der Waals surface area (Å²) in [6.45, 7) is 1.37. The molecular weight excluding hydrogens is 248 g/mol. The van der Waals surface area contributed by atoms with Gasteiger partial charge in [-0.2, -0.15) is 0 Å². The molecule has 0 amide bonds. The first kappa shape index (κ1) is 14.1. The third kappa shape index (κ3) is 4.40. The van der Waals surface area contributed by atoms with Gasteiger partial charge in [-0.1, -0.05) is 12.1 Å². The zero-order chi connectivity index (χ0) is 13.1. The van der Waals surface area contributed by atoms with Gasteiger partial charge in [-0.05, 0) is 24.6 Å². The van der Waals surface area contributed by atoms with E-state index in [9.17, 15) is 17.2 Å². The molecule has 17 heavy (non-hydrogen) atoms. The number of rotatable bonds is 5. The lowest BCUT2D eigenvalue weighted by atomic mass is 10.1. The fourth-order valence-corrected chi connectivity index (χ4v) is 2.02. The van der Waals surface area contributed by atoms with E-state index in [-0.39, 0.29) is 17.5 Å². The van der Waals surface area contributed by atoms with E-state index in [1.54, 1.807) is 19.1 Å². The zero-order valence-corrected chi connectivity index (χ0v) is 10.5. The van der Waals surface area contributed by atoms with Crippen molar-refractivity contribution in [2.45, 2.75) is 24.3 Å². The summed E-state index contributed by atoms with van der Waals surface area (Å²) in [6, 6.07) is 5.97. The van der Waals surface area contributed by atoms with Crippen molar-refractivity contribution < 1.29 is 17.2 Å². The Morgan fingerprint density at radius 1 is 1.24 bits per heavy atom. The van der Waals surface area contributed by atoms with Crippen LogP contribution in [0.1, 0.15) is 18.5 Å². The predicted octanol–water partition coefficient (Wildman–Crippen LogP) is 2.01. The van der Waals surface area contributed by atoms with Gasteiger partial charge in [0.25, 0.3) is 6.43 Å². The molecule has 1 N–H and O–H groups in total. The second kappa shape index (κ2) is 5.55. The molecule has 0 aliphatic carbocycles. The van der Waals surface area contributed by atoms with Crippen molar-refractivity contribution in [1.29, 1.82) is 0 Å². The number of hydrogen-bond acceptors (Lipinski definition) is 3. The Labute approximate surface area is 99.8 Å². The highest BCUT2D eigenvalue weighted by Gasteiger charge is 2.10. The largest absolute Gasteiger partial charge is 0.305 e. The van der Waals surface area contributed by atoms with Crippen molar-refractivity contribution >= 4 is 9.84 Å². The molecule has 0 bridgehead atoms. The molecule has 0 heterocycles. The van der Waals surface area contributed by atoms with Crippen LogP contribution in [-0.4, -0.2) is 27.6 Å². The third-order valence-corrected chi connectivity index (χ3v) is 3.52. The average molecular weight is 263 g/mol. The van der Waals surface area contributed by atoms with E-state index in [2.05, 4.69) is 5.32 Å². The number of nitrogens with one attached hydrogen (secondary N) is 1. The number of sulfone groups is 1. The number of halogens is 2. The van der Waals surface area contributed by atoms with Crippen LogP contribution in [0.5, 0.6) is 0 Å². The van der Waals surface area contributed by atoms with E-state index in [4.69, 9.17) is 0 Å². The Morgan fingerprint density at radius 2 is 1.76 bits per heavy atom. The van der Waals surface area contributed by atoms with Crippen molar-refractivity contribution in [3.63, 3.8) is 0 Å². The second-order valence-corrected chi connectivity index (χ2v) is 5.88. The lowest BCUT2D eigenvalue weighted by molar-refractivity contribution is 0.142. The van der Waals surface area contributed by atoms with Gasteiger partial charge in [-0.15, -0.1) is 0 Å². The lowest BCUT2D eigenvalue weighted by Gasteiger charge is -2.14. The van der Waals surface area contributed by atoms with Crippen LogP contribution in [0.15, 0.2) is 29.2 Å². The molecular formula is C11H15F2NO2S. The van der Waals surface area contributed by atoms with Crippen LogP contribution < -0.4 is 5.32 Å². The minimum absolute atomic E-state index is 0.224. The van der Waals surface area contributed by atoms with Crippen LogP contribution >= 0.6 is 0 Å². The second-order valence-electron chi connectivity index (χ2n) is 3.86. The summed E-state index contributed by atoms with van der Waals surface area (Å²) in [7, 11) is -3.21. The Hall–Kier alpha value is -1.01. The van der Waals surface area contributed by atoms with Crippen molar-refractivity contribution in [1.82, 2.24) is 5.32 Å². The Balaban J connectivity index is 2.74. The van der Waals surface area contributed by atoms with Crippen molar-refractivity contribution in [2.75, 3.05) is 12.8 Å². The number of hydrogen-bond donors (Lipinski definition) is 1. The van der Waals surface area contributed by atoms with Crippen molar-refractivity contribution in [3.05, 3.63) is 29.8 Å². The van der Waals surface area contributed by atoms with Crippen LogP contribution in [0.25, 0.3) is 0 Å². The minimum atomic E-state index is -3.21. The SMILES string of the molecule is CC(NCC(F)F)c1ccc(S(C)(=O)=O)cc1. The molecule has 1 aromatic rings. The average Bonchev–Trinajstić information content (AvgIpc) is 2.25. The molecule has 3 nitrogen and oxygen atoms in total. The molecule has 0 aromatic heterocycles. The summed E-state index contributed by atoms with van der Waals surface area (Å²) in [4.78, 5) is 0.224. The highest BCUT2D eigenvalue weighted by Crippen LogP contribution is 2.16. The van der Waals surface area contributed by atoms with Crippen LogP contribution in [0, 0.1) is 0 Å². The van der Waals surface area contributed by atoms with Gasteiger partial charge >= 0.3 is 0 Å². The molecule has 1 unspecified atom stereocenters. The number of benzene rings is 1. The van der Waals surface area contributed by atoms with Gasteiger partial charge in [-0.3, -0.25) is 0 Å². The first-order valence-corrected chi connectivity index (χ1v) is 7.01. The van der Waals surface area contributed by atoms with Crippen LogP contribution in [-0.2, 0) is 9.84 Å². The Kier molecular flexibility index (Phi) is 4.59. The summed E-state index contributed by atoms with van der Waals surface area (Å²) in [5.41, 5.74) is 0.776. The van der Waals surface area contributed by atoms with E-state index in [0.717, 1.165) is 11.8 Å². The highest BCUT2D eigenvalue weighted by atomic mass is 32.2. The summed E-state index contributed by atoms with van der Waals surface area (Å²) in [5.74, 6) is 0. The third-order valence-electron chi connectivity index (χ3n) is 2.39. The molecule has 0 radical (unpaired) electrons. The van der Waals surface area contributed by atoms with Crippen molar-refractivity contribution in [3.8, 4) is 0 Å². The summed E-state index contributed by atoms with van der Waals surface area (Å²) in [5, 5.41) is 2.66. The standard InChI is InChI=1S/C11H15F2NO2S/c1-8(14-7-11(12)13)9-3-5-10(6-4-9)17(2,15)16/h3-6,8,11,14H,7H2,1-2H3. The fraction of sp³-hybridized carbons (Fsp3) is 0.455. The van der Waals surface area contributed by atoms with Gasteiger partial charge in [0.05, 0.1) is 11.4 Å². The summed E-state index contributed by atoms with van der Waals surface area (Å²) < 4.78 is 46.4. The first-order chi connectivity index (χ1) is 7.80. The van der Waals surface area contributed by atoms with E-state index in [0.29, 0.717) is 0 Å². The smallest absolute Gasteiger partial charge is 0.250 e. The Bertz CT molecular complexity index is 457. The van der Waals surface area contributed by atoms with Gasteiger partial charge in [0, 0.05) is 12.3 Å². The topological polar surface area (TPSA) is 46.2 Å². The molecule has 6 heteroatoms. The summed E-state index contributed by atoms with van der Waals surface area (Å²) in [6.07, 6.45) is -1.27. The predicted molar refractivity (Wildman–Crippen MR) is 62.0 cm³/mol. The molecule has 0 spiro atoms. The van der Waals surface area contributed by atoms with Gasteiger partial charge in [-0.25, -0.2) is 17.2 Å². The molecule has 1 atom stereocenters. The van der Waals surface area contributed by atoms with Crippen LogP contribution in [0.3, 0.4) is 0 Å². The first-order valence-electron chi connectivity index (χ1n) is 5.12. The molecule has 0 saturated heterocycles. The van der Waals surface area contributed by atoms with Gasteiger partial charge < -0.3 is 5.32 Å².